The van der Waals surface area contributed by atoms with Crippen molar-refractivity contribution in [3.05, 3.63) is 59.7 Å². The number of thiol groups is 1. The van der Waals surface area contributed by atoms with Gasteiger partial charge in [0.25, 0.3) is 0 Å². The van der Waals surface area contributed by atoms with E-state index in [9.17, 15) is 0 Å². The van der Waals surface area contributed by atoms with Crippen molar-refractivity contribution in [2.45, 2.75) is 0 Å². The van der Waals surface area contributed by atoms with Crippen LogP contribution in [0, 0.1) is 0 Å². The number of nitrogens with two attached hydrogens (primary N) is 1. The van der Waals surface area contributed by atoms with Crippen LogP contribution in [0.1, 0.15) is 11.1 Å². The normalized spacial score (nSPS) is 11.9. The zero-order valence-corrected chi connectivity index (χ0v) is 14.4. The van der Waals surface area contributed by atoms with Crippen LogP contribution < -0.4 is 15.5 Å². The van der Waals surface area contributed by atoms with Gasteiger partial charge in [0.05, 0.1) is 5.70 Å². The molecule has 3 nitrogen and oxygen atoms in total. The number of hydrogen-bond acceptors (Lipinski definition) is 4. The van der Waals surface area contributed by atoms with Crippen molar-refractivity contribution in [3.8, 4) is 0 Å². The first-order chi connectivity index (χ1) is 10.4. The van der Waals surface area contributed by atoms with Crippen LogP contribution in [0.3, 0.4) is 0 Å². The standard InChI is InChI=1S/C18H23N3S/c1-20(2)15-9-5-13(6-10-15)17(19)18(22)14-7-11-16(12-8-14)21(3)4/h5-12,22H,19H2,1-4H3/b18-17-. The van der Waals surface area contributed by atoms with Crippen molar-refractivity contribution in [2.75, 3.05) is 38.0 Å². The summed E-state index contributed by atoms with van der Waals surface area (Å²) in [7, 11) is 8.08. The molecule has 22 heavy (non-hydrogen) atoms. The van der Waals surface area contributed by atoms with E-state index >= 15 is 0 Å². The Labute approximate surface area is 138 Å². The van der Waals surface area contributed by atoms with Gasteiger partial charge in [0.2, 0.25) is 0 Å². The predicted octanol–water partition coefficient (Wildman–Crippen LogP) is 3.53. The van der Waals surface area contributed by atoms with Crippen LogP contribution in [-0.4, -0.2) is 28.2 Å². The number of benzene rings is 2. The van der Waals surface area contributed by atoms with Crippen LogP contribution in [0.15, 0.2) is 48.5 Å². The Morgan fingerprint density at radius 2 is 1.09 bits per heavy atom. The molecule has 0 amide bonds. The van der Waals surface area contributed by atoms with Crippen LogP contribution in [0.4, 0.5) is 11.4 Å². The summed E-state index contributed by atoms with van der Waals surface area (Å²) in [6.07, 6.45) is 0. The third-order valence-electron chi connectivity index (χ3n) is 3.61. The van der Waals surface area contributed by atoms with E-state index in [4.69, 9.17) is 5.73 Å². The summed E-state index contributed by atoms with van der Waals surface area (Å²) in [5.74, 6) is 0. The highest BCUT2D eigenvalue weighted by Gasteiger charge is 2.06. The maximum Gasteiger partial charge on any atom is 0.0529 e. The van der Waals surface area contributed by atoms with Crippen LogP contribution in [0.25, 0.3) is 10.6 Å². The lowest BCUT2D eigenvalue weighted by Gasteiger charge is -2.15. The Bertz CT molecular complexity index is 596. The van der Waals surface area contributed by atoms with Gasteiger partial charge in [0.1, 0.15) is 0 Å². The van der Waals surface area contributed by atoms with E-state index in [2.05, 4.69) is 46.7 Å². The Kier molecular flexibility index (Phi) is 5.03. The highest BCUT2D eigenvalue weighted by atomic mass is 32.1. The van der Waals surface area contributed by atoms with Crippen molar-refractivity contribution >= 4 is 34.6 Å². The molecule has 0 heterocycles. The van der Waals surface area contributed by atoms with E-state index in [-0.39, 0.29) is 0 Å². The average Bonchev–Trinajstić information content (AvgIpc) is 2.53. The fourth-order valence-corrected chi connectivity index (χ4v) is 2.43. The van der Waals surface area contributed by atoms with Gasteiger partial charge >= 0.3 is 0 Å². The molecule has 0 unspecified atom stereocenters. The molecule has 0 aliphatic rings. The molecule has 2 aromatic carbocycles. The second-order valence-electron chi connectivity index (χ2n) is 5.64. The summed E-state index contributed by atoms with van der Waals surface area (Å²) in [6.45, 7) is 0. The second kappa shape index (κ2) is 6.79. The minimum absolute atomic E-state index is 0.686. The summed E-state index contributed by atoms with van der Waals surface area (Å²) < 4.78 is 0. The lowest BCUT2D eigenvalue weighted by atomic mass is 10.1. The summed E-state index contributed by atoms with van der Waals surface area (Å²) in [6, 6.07) is 16.4. The Morgan fingerprint density at radius 3 is 1.45 bits per heavy atom. The van der Waals surface area contributed by atoms with Crippen LogP contribution in [0.2, 0.25) is 0 Å². The third-order valence-corrected chi connectivity index (χ3v) is 4.11. The molecule has 0 atom stereocenters. The Hall–Kier alpha value is -2.07. The molecule has 0 spiro atoms. The summed E-state index contributed by atoms with van der Waals surface area (Å²) in [5, 5.41) is 0. The van der Waals surface area contributed by atoms with Crippen molar-refractivity contribution < 1.29 is 0 Å². The Balaban J connectivity index is 2.31. The third kappa shape index (κ3) is 3.57. The minimum Gasteiger partial charge on any atom is -0.397 e. The van der Waals surface area contributed by atoms with Gasteiger partial charge < -0.3 is 15.5 Å². The van der Waals surface area contributed by atoms with E-state index in [1.165, 1.54) is 0 Å². The zero-order valence-electron chi connectivity index (χ0n) is 13.5. The fourth-order valence-electron chi connectivity index (χ4n) is 2.15. The maximum atomic E-state index is 6.27. The van der Waals surface area contributed by atoms with Crippen molar-refractivity contribution in [3.63, 3.8) is 0 Å². The molecule has 2 aromatic rings. The number of rotatable bonds is 4. The van der Waals surface area contributed by atoms with E-state index in [0.717, 1.165) is 27.4 Å². The van der Waals surface area contributed by atoms with Gasteiger partial charge in [-0.1, -0.05) is 24.3 Å². The van der Waals surface area contributed by atoms with E-state index < -0.39 is 0 Å². The molecule has 4 heteroatoms. The molecule has 2 rings (SSSR count). The van der Waals surface area contributed by atoms with Crippen molar-refractivity contribution in [1.29, 1.82) is 0 Å². The first-order valence-corrected chi connectivity index (χ1v) is 7.59. The van der Waals surface area contributed by atoms with Gasteiger partial charge in [-0.05, 0) is 35.4 Å². The Morgan fingerprint density at radius 1 is 0.727 bits per heavy atom. The summed E-state index contributed by atoms with van der Waals surface area (Å²) in [5.41, 5.74) is 11.3. The van der Waals surface area contributed by atoms with Gasteiger partial charge in [0, 0.05) is 44.5 Å². The lowest BCUT2D eigenvalue weighted by molar-refractivity contribution is 1.13. The zero-order chi connectivity index (χ0) is 16.3. The summed E-state index contributed by atoms with van der Waals surface area (Å²) >= 11 is 4.61. The van der Waals surface area contributed by atoms with Gasteiger partial charge in [-0.25, -0.2) is 0 Å². The van der Waals surface area contributed by atoms with E-state index in [1.807, 2.05) is 52.5 Å². The molecular weight excluding hydrogens is 290 g/mol. The van der Waals surface area contributed by atoms with Gasteiger partial charge in [-0.2, -0.15) is 0 Å². The smallest absolute Gasteiger partial charge is 0.0529 e. The highest BCUT2D eigenvalue weighted by molar-refractivity contribution is 7.90. The number of nitrogens with zero attached hydrogens (tertiary/aromatic N) is 2. The number of anilines is 2. The molecule has 116 valence electrons. The fraction of sp³-hybridized carbons (Fsp3) is 0.222. The SMILES string of the molecule is CN(C)c1ccc(/C(N)=C(/S)c2ccc(N(C)C)cc2)cc1. The molecule has 0 radical (unpaired) electrons. The minimum atomic E-state index is 0.686. The molecule has 2 N–H and O–H groups in total. The monoisotopic (exact) mass is 313 g/mol. The van der Waals surface area contributed by atoms with Gasteiger partial charge in [-0.3, -0.25) is 0 Å². The molecule has 0 saturated carbocycles. The topological polar surface area (TPSA) is 32.5 Å². The largest absolute Gasteiger partial charge is 0.397 e. The number of hydrogen-bond donors (Lipinski definition) is 2. The van der Waals surface area contributed by atoms with E-state index in [0.29, 0.717) is 5.70 Å². The molecule has 0 aliphatic carbocycles. The lowest BCUT2D eigenvalue weighted by Crippen LogP contribution is -2.08. The van der Waals surface area contributed by atoms with Crippen LogP contribution >= 0.6 is 12.6 Å². The first kappa shape index (κ1) is 16.3. The van der Waals surface area contributed by atoms with E-state index in [1.54, 1.807) is 0 Å². The van der Waals surface area contributed by atoms with Gasteiger partial charge in [-0.15, -0.1) is 12.6 Å². The average molecular weight is 313 g/mol. The molecular formula is C18H23N3S. The molecule has 0 saturated heterocycles. The first-order valence-electron chi connectivity index (χ1n) is 7.14. The second-order valence-corrected chi connectivity index (χ2v) is 6.09. The van der Waals surface area contributed by atoms with Crippen molar-refractivity contribution in [2.24, 2.45) is 5.73 Å². The highest BCUT2D eigenvalue weighted by Crippen LogP contribution is 2.28. The maximum absolute atomic E-state index is 6.27. The quantitative estimate of drug-likeness (QED) is 0.669. The molecule has 0 bridgehead atoms. The predicted molar refractivity (Wildman–Crippen MR) is 102 cm³/mol. The van der Waals surface area contributed by atoms with Crippen molar-refractivity contribution in [1.82, 2.24) is 0 Å². The van der Waals surface area contributed by atoms with Gasteiger partial charge in [0.15, 0.2) is 0 Å². The molecule has 0 aliphatic heterocycles. The molecule has 0 fully saturated rings. The van der Waals surface area contributed by atoms with Crippen LogP contribution in [-0.2, 0) is 0 Å². The summed E-state index contributed by atoms with van der Waals surface area (Å²) in [4.78, 5) is 4.92. The van der Waals surface area contributed by atoms with Crippen LogP contribution in [0.5, 0.6) is 0 Å². The molecule has 0 aromatic heterocycles.